The molecule has 8 rings (SSSR count). The van der Waals surface area contributed by atoms with Crippen molar-refractivity contribution >= 4 is 51.3 Å². The molecule has 0 atom stereocenters. The van der Waals surface area contributed by atoms with Crippen molar-refractivity contribution in [3.8, 4) is 10.6 Å². The number of halogens is 1. The van der Waals surface area contributed by atoms with Gasteiger partial charge in [-0.25, -0.2) is 9.37 Å². The average molecular weight is 703 g/mol. The molecule has 0 saturated carbocycles. The van der Waals surface area contributed by atoms with Crippen molar-refractivity contribution in [2.24, 2.45) is 5.41 Å². The molecule has 6 heterocycles. The molecule has 0 radical (unpaired) electrons. The molecule has 0 bridgehead atoms. The first-order valence-electron chi connectivity index (χ1n) is 16.9. The second kappa shape index (κ2) is 13.3. The van der Waals surface area contributed by atoms with E-state index in [-0.39, 0.29) is 22.8 Å². The number of hydrogen-bond acceptors (Lipinski definition) is 8. The fraction of sp³-hybridized carbons (Fsp3) is 0.256. The fourth-order valence-corrected chi connectivity index (χ4v) is 8.21. The first kappa shape index (κ1) is 32.7. The largest absolute Gasteiger partial charge is 0.381 e. The molecule has 3 aromatic heterocycles. The van der Waals surface area contributed by atoms with E-state index < -0.39 is 11.7 Å². The topological polar surface area (TPSA) is 117 Å². The van der Waals surface area contributed by atoms with E-state index >= 15 is 0 Å². The van der Waals surface area contributed by atoms with Gasteiger partial charge in [0.2, 0.25) is 0 Å². The minimum absolute atomic E-state index is 0.0332. The molecule has 12 heteroatoms. The van der Waals surface area contributed by atoms with Gasteiger partial charge in [-0.15, -0.1) is 11.3 Å². The minimum Gasteiger partial charge on any atom is -0.381 e. The van der Waals surface area contributed by atoms with Crippen LogP contribution in [0, 0.1) is 18.2 Å². The summed E-state index contributed by atoms with van der Waals surface area (Å²) in [6.45, 7) is 5.59. The molecule has 2 fully saturated rings. The Morgan fingerprint density at radius 2 is 1.67 bits per heavy atom. The quantitative estimate of drug-likeness (QED) is 0.196. The average Bonchev–Trinajstić information content (AvgIpc) is 3.46. The van der Waals surface area contributed by atoms with Crippen molar-refractivity contribution in [3.63, 3.8) is 0 Å². The summed E-state index contributed by atoms with van der Waals surface area (Å²) in [5.74, 6) is -0.883. The van der Waals surface area contributed by atoms with E-state index in [0.717, 1.165) is 55.3 Å². The summed E-state index contributed by atoms with van der Waals surface area (Å²) < 4.78 is 19.8. The van der Waals surface area contributed by atoms with Crippen LogP contribution in [0.2, 0.25) is 0 Å². The highest BCUT2D eigenvalue weighted by molar-refractivity contribution is 7.19. The van der Waals surface area contributed by atoms with Gasteiger partial charge >= 0.3 is 0 Å². The molecule has 2 saturated heterocycles. The third-order valence-corrected chi connectivity index (χ3v) is 11.0. The maximum absolute atomic E-state index is 14.2. The third-order valence-electron chi connectivity index (χ3n) is 9.86. The summed E-state index contributed by atoms with van der Waals surface area (Å²) in [5, 5.41) is 6.38. The number of pyridine rings is 2. The zero-order chi connectivity index (χ0) is 35.1. The van der Waals surface area contributed by atoms with E-state index in [2.05, 4.69) is 20.5 Å². The lowest BCUT2D eigenvalue weighted by Gasteiger charge is -2.53. The number of anilines is 4. The van der Waals surface area contributed by atoms with Crippen LogP contribution in [0.4, 0.5) is 26.6 Å². The van der Waals surface area contributed by atoms with Gasteiger partial charge in [0, 0.05) is 61.4 Å². The minimum atomic E-state index is -0.590. The number of benzene rings is 2. The lowest BCUT2D eigenvalue weighted by Crippen LogP contribution is -2.59. The molecule has 1 spiro atoms. The fourth-order valence-electron chi connectivity index (χ4n) is 7.10. The van der Waals surface area contributed by atoms with Gasteiger partial charge in [0.05, 0.1) is 26.7 Å². The number of rotatable bonds is 6. The van der Waals surface area contributed by atoms with E-state index in [9.17, 15) is 18.8 Å². The standard InChI is InChI=1S/C39H35FN6O4S/c1-24-8-13-29(35(42-24)45-22-39(23-45)15-19-50-20-16-39)37(48)43-27-11-9-25(10-12-27)38(49)46-18-14-26-21-32(44-36(47)28-5-2-3-6-30(28)40)51-34(26)33-31(46)7-4-17-41-33/h2-13,17,21H,14-16,18-20,22-23H2,1H3,(H,43,48)(H,44,47). The number of nitrogens with one attached hydrogen (secondary N) is 2. The number of carbonyl (C=O) groups is 3. The number of thiophene rings is 1. The lowest BCUT2D eigenvalue weighted by molar-refractivity contribution is -0.000519. The van der Waals surface area contributed by atoms with Crippen LogP contribution in [-0.2, 0) is 11.2 Å². The summed E-state index contributed by atoms with van der Waals surface area (Å²) in [6.07, 6.45) is 4.24. The van der Waals surface area contributed by atoms with Gasteiger partial charge in [0.15, 0.2) is 0 Å². The van der Waals surface area contributed by atoms with Crippen LogP contribution < -0.4 is 20.4 Å². The molecule has 0 unspecified atom stereocenters. The molecular weight excluding hydrogens is 668 g/mol. The molecule has 258 valence electrons. The number of aromatic nitrogens is 2. The molecule has 2 N–H and O–H groups in total. The Morgan fingerprint density at radius 3 is 2.45 bits per heavy atom. The Hall–Kier alpha value is -5.46. The number of amides is 3. The zero-order valence-corrected chi connectivity index (χ0v) is 28.8. The van der Waals surface area contributed by atoms with Crippen molar-refractivity contribution in [2.75, 3.05) is 53.3 Å². The summed E-state index contributed by atoms with van der Waals surface area (Å²) in [5.41, 5.74) is 4.82. The third kappa shape index (κ3) is 6.36. The highest BCUT2D eigenvalue weighted by Gasteiger charge is 2.45. The van der Waals surface area contributed by atoms with E-state index in [1.807, 2.05) is 31.2 Å². The van der Waals surface area contributed by atoms with Crippen molar-refractivity contribution < 1.29 is 23.5 Å². The summed E-state index contributed by atoms with van der Waals surface area (Å²) in [6, 6.07) is 21.9. The van der Waals surface area contributed by atoms with Crippen molar-refractivity contribution in [1.29, 1.82) is 0 Å². The van der Waals surface area contributed by atoms with Gasteiger partial charge in [-0.1, -0.05) is 12.1 Å². The molecule has 10 nitrogen and oxygen atoms in total. The second-order valence-corrected chi connectivity index (χ2v) is 14.4. The molecule has 2 aromatic carbocycles. The van der Waals surface area contributed by atoms with Crippen LogP contribution in [0.15, 0.2) is 85.1 Å². The van der Waals surface area contributed by atoms with Crippen LogP contribution >= 0.6 is 11.3 Å². The molecule has 3 aliphatic rings. The van der Waals surface area contributed by atoms with Gasteiger partial charge in [0.25, 0.3) is 17.7 Å². The molecular formula is C39H35FN6O4S. The van der Waals surface area contributed by atoms with Gasteiger partial charge < -0.3 is 25.2 Å². The van der Waals surface area contributed by atoms with Crippen LogP contribution in [0.25, 0.3) is 10.6 Å². The van der Waals surface area contributed by atoms with E-state index in [1.54, 1.807) is 47.5 Å². The summed E-state index contributed by atoms with van der Waals surface area (Å²) in [4.78, 5) is 54.4. The van der Waals surface area contributed by atoms with Crippen LogP contribution in [0.5, 0.6) is 0 Å². The molecule has 3 aliphatic heterocycles. The van der Waals surface area contributed by atoms with E-state index in [0.29, 0.717) is 52.0 Å². The van der Waals surface area contributed by atoms with Crippen LogP contribution in [0.3, 0.4) is 0 Å². The SMILES string of the molecule is Cc1ccc(C(=O)Nc2ccc(C(=O)N3CCc4cc(NC(=O)c5ccccc5F)sc4-c4ncccc43)cc2)c(N2CC3(CCOCC3)C2)n1. The van der Waals surface area contributed by atoms with Crippen molar-refractivity contribution in [3.05, 3.63) is 119 Å². The number of aryl methyl sites for hydroxylation is 1. The molecule has 5 aromatic rings. The first-order chi connectivity index (χ1) is 24.8. The highest BCUT2D eigenvalue weighted by Crippen LogP contribution is 2.44. The maximum Gasteiger partial charge on any atom is 0.259 e. The maximum atomic E-state index is 14.2. The Bertz CT molecular complexity index is 2160. The summed E-state index contributed by atoms with van der Waals surface area (Å²) in [7, 11) is 0. The predicted molar refractivity (Wildman–Crippen MR) is 195 cm³/mol. The van der Waals surface area contributed by atoms with Gasteiger partial charge in [-0.3, -0.25) is 19.4 Å². The van der Waals surface area contributed by atoms with E-state index in [1.165, 1.54) is 29.5 Å². The molecule has 51 heavy (non-hydrogen) atoms. The predicted octanol–water partition coefficient (Wildman–Crippen LogP) is 6.98. The van der Waals surface area contributed by atoms with Crippen LogP contribution in [0.1, 0.15) is 55.2 Å². The Kier molecular flexibility index (Phi) is 8.56. The van der Waals surface area contributed by atoms with Crippen molar-refractivity contribution in [1.82, 2.24) is 9.97 Å². The number of ether oxygens (including phenoxy) is 1. The first-order valence-corrected chi connectivity index (χ1v) is 17.8. The Labute approximate surface area is 298 Å². The van der Waals surface area contributed by atoms with Crippen LogP contribution in [-0.4, -0.2) is 60.5 Å². The monoisotopic (exact) mass is 702 g/mol. The number of nitrogens with zero attached hydrogens (tertiary/aromatic N) is 4. The highest BCUT2D eigenvalue weighted by atomic mass is 32.1. The Morgan fingerprint density at radius 1 is 0.902 bits per heavy atom. The summed E-state index contributed by atoms with van der Waals surface area (Å²) >= 11 is 1.34. The Balaban J connectivity index is 0.969. The van der Waals surface area contributed by atoms with Gasteiger partial charge in [0.1, 0.15) is 17.3 Å². The number of hydrogen-bond donors (Lipinski definition) is 2. The smallest absolute Gasteiger partial charge is 0.259 e. The second-order valence-electron chi connectivity index (χ2n) is 13.3. The normalized spacial score (nSPS) is 16.0. The van der Waals surface area contributed by atoms with E-state index in [4.69, 9.17) is 9.72 Å². The van der Waals surface area contributed by atoms with Gasteiger partial charge in [-0.05, 0) is 98.5 Å². The zero-order valence-electron chi connectivity index (χ0n) is 27.9. The number of fused-ring (bicyclic) bond motifs is 3. The van der Waals surface area contributed by atoms with Gasteiger partial charge in [-0.2, -0.15) is 0 Å². The number of carbonyl (C=O) groups excluding carboxylic acids is 3. The lowest BCUT2D eigenvalue weighted by atomic mass is 9.73. The van der Waals surface area contributed by atoms with Crippen molar-refractivity contribution in [2.45, 2.75) is 26.2 Å². The molecule has 3 amide bonds. The molecule has 0 aliphatic carbocycles.